The highest BCUT2D eigenvalue weighted by atomic mass is 35.5. The van der Waals surface area contributed by atoms with Crippen LogP contribution in [-0.4, -0.2) is 22.0 Å². The van der Waals surface area contributed by atoms with Crippen molar-refractivity contribution in [2.24, 2.45) is 0 Å². The van der Waals surface area contributed by atoms with E-state index in [1.54, 1.807) is 23.6 Å². The first kappa shape index (κ1) is 20.2. The molecule has 0 radical (unpaired) electrons. The fourth-order valence-electron chi connectivity index (χ4n) is 2.80. The van der Waals surface area contributed by atoms with Gasteiger partial charge in [0.2, 0.25) is 0 Å². The number of carbonyl (C=O) groups excluding carboxylic acids is 2. The van der Waals surface area contributed by atoms with Gasteiger partial charge in [-0.25, -0.2) is 0 Å². The third kappa shape index (κ3) is 4.23. The van der Waals surface area contributed by atoms with E-state index in [2.05, 4.69) is 20.8 Å². The summed E-state index contributed by atoms with van der Waals surface area (Å²) in [6.07, 6.45) is 0. The molecule has 4 rings (SSSR count). The van der Waals surface area contributed by atoms with Crippen LogP contribution in [0.3, 0.4) is 0 Å². The first-order chi connectivity index (χ1) is 14.5. The second-order valence-corrected chi connectivity index (χ2v) is 7.94. The third-order valence-electron chi connectivity index (χ3n) is 4.22. The van der Waals surface area contributed by atoms with Gasteiger partial charge in [-0.3, -0.25) is 14.7 Å². The van der Waals surface area contributed by atoms with Gasteiger partial charge in [0.25, 0.3) is 11.8 Å². The lowest BCUT2D eigenvalue weighted by Crippen LogP contribution is -2.18. The topological polar surface area (TPSA) is 86.9 Å². The highest BCUT2D eigenvalue weighted by Gasteiger charge is 2.21. The van der Waals surface area contributed by atoms with Crippen LogP contribution in [0.25, 0.3) is 11.3 Å². The molecular weight excluding hydrogens is 443 g/mol. The van der Waals surface area contributed by atoms with Crippen molar-refractivity contribution in [3.63, 3.8) is 0 Å². The molecular formula is C21H14Cl2N4O2S. The number of hydrogen-bond donors (Lipinski definition) is 3. The molecule has 0 aliphatic rings. The van der Waals surface area contributed by atoms with Crippen molar-refractivity contribution in [3.05, 3.63) is 86.5 Å². The Morgan fingerprint density at radius 1 is 0.933 bits per heavy atom. The Labute approximate surface area is 185 Å². The molecule has 4 aromatic rings. The Morgan fingerprint density at radius 3 is 2.47 bits per heavy atom. The number of nitrogens with one attached hydrogen (secondary N) is 3. The zero-order chi connectivity index (χ0) is 21.1. The summed E-state index contributed by atoms with van der Waals surface area (Å²) in [6.45, 7) is 0. The van der Waals surface area contributed by atoms with Crippen molar-refractivity contribution in [2.75, 3.05) is 10.6 Å². The quantitative estimate of drug-likeness (QED) is 0.346. The fraction of sp³-hybridized carbons (Fsp3) is 0. The molecule has 0 aliphatic heterocycles. The van der Waals surface area contributed by atoms with Crippen molar-refractivity contribution in [2.45, 2.75) is 0 Å². The lowest BCUT2D eigenvalue weighted by Gasteiger charge is -2.13. The van der Waals surface area contributed by atoms with E-state index in [1.807, 2.05) is 30.3 Å². The Bertz CT molecular complexity index is 1210. The van der Waals surface area contributed by atoms with E-state index < -0.39 is 5.91 Å². The second-order valence-electron chi connectivity index (χ2n) is 6.20. The van der Waals surface area contributed by atoms with Crippen LogP contribution < -0.4 is 10.6 Å². The molecule has 0 aliphatic carbocycles. The molecule has 2 aromatic heterocycles. The van der Waals surface area contributed by atoms with Crippen LogP contribution in [-0.2, 0) is 0 Å². The van der Waals surface area contributed by atoms with Gasteiger partial charge in [0.15, 0.2) is 5.82 Å². The summed E-state index contributed by atoms with van der Waals surface area (Å²) in [5.41, 5.74) is 1.97. The van der Waals surface area contributed by atoms with Gasteiger partial charge in [0.05, 0.1) is 31.9 Å². The van der Waals surface area contributed by atoms with Crippen LogP contribution >= 0.6 is 34.5 Å². The summed E-state index contributed by atoms with van der Waals surface area (Å²) >= 11 is 13.7. The Morgan fingerprint density at radius 2 is 1.73 bits per heavy atom. The molecule has 3 N–H and O–H groups in total. The van der Waals surface area contributed by atoms with Gasteiger partial charge in [0.1, 0.15) is 0 Å². The number of hydrogen-bond acceptors (Lipinski definition) is 4. The van der Waals surface area contributed by atoms with Crippen LogP contribution in [0.5, 0.6) is 0 Å². The summed E-state index contributed by atoms with van der Waals surface area (Å²) in [4.78, 5) is 25.9. The summed E-state index contributed by atoms with van der Waals surface area (Å²) < 4.78 is 0. The third-order valence-corrected chi connectivity index (χ3v) is 5.89. The molecule has 0 saturated carbocycles. The largest absolute Gasteiger partial charge is 0.320 e. The van der Waals surface area contributed by atoms with Crippen molar-refractivity contribution in [1.82, 2.24) is 10.2 Å². The van der Waals surface area contributed by atoms with Gasteiger partial charge in [-0.05, 0) is 29.1 Å². The lowest BCUT2D eigenvalue weighted by atomic mass is 10.1. The molecule has 2 heterocycles. The first-order valence-electron chi connectivity index (χ1n) is 8.78. The number of anilines is 2. The van der Waals surface area contributed by atoms with E-state index in [0.717, 1.165) is 11.3 Å². The Hall–Kier alpha value is -3.13. The average Bonchev–Trinajstić information content (AvgIpc) is 3.44. The minimum absolute atomic E-state index is 0.0389. The lowest BCUT2D eigenvalue weighted by molar-refractivity contribution is 0.102. The van der Waals surface area contributed by atoms with Gasteiger partial charge in [-0.1, -0.05) is 59.6 Å². The number of nitrogens with zero attached hydrogens (tertiary/aromatic N) is 1. The normalized spacial score (nSPS) is 10.6. The summed E-state index contributed by atoms with van der Waals surface area (Å²) in [5, 5.41) is 14.4. The van der Waals surface area contributed by atoms with Gasteiger partial charge < -0.3 is 10.6 Å². The van der Waals surface area contributed by atoms with Gasteiger partial charge >= 0.3 is 0 Å². The molecule has 0 spiro atoms. The number of thiophene rings is 1. The van der Waals surface area contributed by atoms with Crippen LogP contribution in [0.1, 0.15) is 20.0 Å². The van der Waals surface area contributed by atoms with Crippen LogP contribution in [0.4, 0.5) is 11.5 Å². The highest BCUT2D eigenvalue weighted by molar-refractivity contribution is 7.12. The zero-order valence-corrected chi connectivity index (χ0v) is 17.6. The van der Waals surface area contributed by atoms with Crippen molar-refractivity contribution < 1.29 is 9.59 Å². The number of amides is 2. The molecule has 6 nitrogen and oxygen atoms in total. The van der Waals surface area contributed by atoms with E-state index in [-0.39, 0.29) is 27.2 Å². The maximum absolute atomic E-state index is 13.0. The number of halogens is 2. The molecule has 150 valence electrons. The Balaban J connectivity index is 1.60. The van der Waals surface area contributed by atoms with Crippen LogP contribution in [0.15, 0.2) is 66.0 Å². The van der Waals surface area contributed by atoms with E-state index in [9.17, 15) is 9.59 Å². The molecule has 0 atom stereocenters. The van der Waals surface area contributed by atoms with E-state index in [1.165, 1.54) is 23.5 Å². The molecule has 0 saturated heterocycles. The summed E-state index contributed by atoms with van der Waals surface area (Å²) in [7, 11) is 0. The minimum atomic E-state index is -0.546. The second kappa shape index (κ2) is 8.71. The fourth-order valence-corrected chi connectivity index (χ4v) is 3.83. The molecule has 9 heteroatoms. The smallest absolute Gasteiger partial charge is 0.265 e. The molecule has 0 unspecified atom stereocenters. The SMILES string of the molecule is O=C(Nc1ccc(Cl)c(Cl)c1C(=O)Nc1cc(-c2ccccc2)[nH]n1)c1cccs1. The monoisotopic (exact) mass is 456 g/mol. The number of aromatic amines is 1. The Kier molecular flexibility index (Phi) is 5.85. The summed E-state index contributed by atoms with van der Waals surface area (Å²) in [6, 6.07) is 17.8. The molecule has 0 bridgehead atoms. The maximum atomic E-state index is 13.0. The molecule has 2 amide bonds. The van der Waals surface area contributed by atoms with E-state index in [4.69, 9.17) is 23.2 Å². The van der Waals surface area contributed by atoms with Crippen LogP contribution in [0, 0.1) is 0 Å². The molecule has 30 heavy (non-hydrogen) atoms. The summed E-state index contributed by atoms with van der Waals surface area (Å²) in [5.74, 6) is -0.580. The number of rotatable bonds is 5. The number of aromatic nitrogens is 2. The molecule has 2 aromatic carbocycles. The first-order valence-corrected chi connectivity index (χ1v) is 10.4. The predicted octanol–water partition coefficient (Wildman–Crippen LogP) is 5.95. The number of H-pyrrole nitrogens is 1. The maximum Gasteiger partial charge on any atom is 0.265 e. The number of benzene rings is 2. The van der Waals surface area contributed by atoms with Gasteiger partial charge in [-0.15, -0.1) is 11.3 Å². The van der Waals surface area contributed by atoms with Gasteiger partial charge in [0, 0.05) is 6.07 Å². The van der Waals surface area contributed by atoms with Crippen LogP contribution in [0.2, 0.25) is 10.0 Å². The highest BCUT2D eigenvalue weighted by Crippen LogP contribution is 2.33. The molecule has 0 fully saturated rings. The van der Waals surface area contributed by atoms with Gasteiger partial charge in [-0.2, -0.15) is 5.10 Å². The van der Waals surface area contributed by atoms with E-state index >= 15 is 0 Å². The van der Waals surface area contributed by atoms with Crippen molar-refractivity contribution >= 4 is 57.9 Å². The zero-order valence-electron chi connectivity index (χ0n) is 15.3. The number of carbonyl (C=O) groups is 2. The predicted molar refractivity (Wildman–Crippen MR) is 121 cm³/mol. The van der Waals surface area contributed by atoms with Crippen molar-refractivity contribution in [3.8, 4) is 11.3 Å². The average molecular weight is 457 g/mol. The minimum Gasteiger partial charge on any atom is -0.320 e. The van der Waals surface area contributed by atoms with Crippen molar-refractivity contribution in [1.29, 1.82) is 0 Å². The van der Waals surface area contributed by atoms with E-state index in [0.29, 0.717) is 10.7 Å². The standard InChI is InChI=1S/C21H14Cl2N4O2S/c22-13-8-9-14(24-20(28)16-7-4-10-30-16)18(19(13)23)21(29)25-17-11-15(26-27-17)12-5-2-1-3-6-12/h1-11H,(H,24,28)(H2,25,26,27,29).